The molecule has 4 atom stereocenters. The van der Waals surface area contributed by atoms with Crippen molar-refractivity contribution in [1.82, 2.24) is 19.5 Å². The van der Waals surface area contributed by atoms with Gasteiger partial charge in [-0.15, -0.1) is 0 Å². The number of aliphatic hydroxyl groups excluding tert-OH is 1. The maximum absolute atomic E-state index is 14.8. The SMILES string of the molecule is Cn1ccc2cc(-c3nc4cc(O[C@@H]5COC6[C@H](O)CO[C@@H]65)[nH]c4cc3F)cnc21. The van der Waals surface area contributed by atoms with Crippen LogP contribution < -0.4 is 4.74 Å². The van der Waals surface area contributed by atoms with Crippen molar-refractivity contribution in [3.63, 3.8) is 0 Å². The molecule has 0 saturated carbocycles. The van der Waals surface area contributed by atoms with Crippen LogP contribution >= 0.6 is 0 Å². The summed E-state index contributed by atoms with van der Waals surface area (Å²) in [5, 5.41) is 10.8. The maximum atomic E-state index is 14.8. The molecule has 30 heavy (non-hydrogen) atoms. The van der Waals surface area contributed by atoms with Crippen molar-refractivity contribution in [2.24, 2.45) is 7.05 Å². The Labute approximate surface area is 170 Å². The molecule has 4 aromatic rings. The minimum atomic E-state index is -0.639. The Kier molecular flexibility index (Phi) is 3.86. The molecule has 0 amide bonds. The lowest BCUT2D eigenvalue weighted by Crippen LogP contribution is -2.34. The van der Waals surface area contributed by atoms with Crippen molar-refractivity contribution in [3.05, 3.63) is 42.5 Å². The van der Waals surface area contributed by atoms with Crippen LogP contribution in [0.3, 0.4) is 0 Å². The molecule has 4 aromatic heterocycles. The molecule has 0 spiro atoms. The number of H-pyrrole nitrogens is 1. The second-order valence-electron chi connectivity index (χ2n) is 7.77. The molecule has 0 radical (unpaired) electrons. The average Bonchev–Trinajstić information content (AvgIpc) is 3.48. The number of halogens is 1. The second kappa shape index (κ2) is 6.49. The maximum Gasteiger partial charge on any atom is 0.193 e. The summed E-state index contributed by atoms with van der Waals surface area (Å²) in [5.41, 5.74) is 2.78. The molecule has 2 aliphatic rings. The van der Waals surface area contributed by atoms with E-state index in [1.165, 1.54) is 6.07 Å². The molecule has 0 bridgehead atoms. The monoisotopic (exact) mass is 410 g/mol. The van der Waals surface area contributed by atoms with E-state index in [0.29, 0.717) is 29.1 Å². The first kappa shape index (κ1) is 17.8. The predicted octanol–water partition coefficient (Wildman–Crippen LogP) is 2.16. The van der Waals surface area contributed by atoms with Crippen molar-refractivity contribution >= 4 is 22.1 Å². The number of aryl methyl sites for hydroxylation is 1. The molecule has 9 heteroatoms. The van der Waals surface area contributed by atoms with Gasteiger partial charge in [0.1, 0.15) is 29.7 Å². The largest absolute Gasteiger partial charge is 0.470 e. The van der Waals surface area contributed by atoms with Crippen LogP contribution in [-0.4, -0.2) is 62.3 Å². The first-order valence-corrected chi connectivity index (χ1v) is 9.75. The molecule has 0 aliphatic carbocycles. The summed E-state index contributed by atoms with van der Waals surface area (Å²) in [7, 11) is 1.91. The van der Waals surface area contributed by atoms with E-state index in [9.17, 15) is 9.50 Å². The van der Waals surface area contributed by atoms with Crippen molar-refractivity contribution in [2.45, 2.75) is 24.4 Å². The zero-order valence-corrected chi connectivity index (χ0v) is 16.1. The number of aromatic nitrogens is 4. The van der Waals surface area contributed by atoms with Crippen LogP contribution in [0.5, 0.6) is 5.88 Å². The Morgan fingerprint density at radius 3 is 3.00 bits per heavy atom. The second-order valence-corrected chi connectivity index (χ2v) is 7.77. The smallest absolute Gasteiger partial charge is 0.193 e. The van der Waals surface area contributed by atoms with Gasteiger partial charge in [-0.1, -0.05) is 0 Å². The summed E-state index contributed by atoms with van der Waals surface area (Å²) >= 11 is 0. The van der Waals surface area contributed by atoms with Crippen LogP contribution in [0.2, 0.25) is 0 Å². The Hall–Kier alpha value is -3.01. The van der Waals surface area contributed by atoms with Crippen molar-refractivity contribution in [1.29, 1.82) is 0 Å². The molecule has 2 fully saturated rings. The number of hydrogen-bond acceptors (Lipinski definition) is 6. The summed E-state index contributed by atoms with van der Waals surface area (Å²) < 4.78 is 33.9. The number of fused-ring (bicyclic) bond motifs is 3. The van der Waals surface area contributed by atoms with Gasteiger partial charge in [0.2, 0.25) is 0 Å². The molecule has 154 valence electrons. The normalized spacial score (nSPS) is 26.0. The molecular formula is C21H19FN4O4. The van der Waals surface area contributed by atoms with E-state index in [-0.39, 0.29) is 30.6 Å². The molecule has 2 N–H and O–H groups in total. The number of aliphatic hydroxyl groups is 1. The Morgan fingerprint density at radius 2 is 2.10 bits per heavy atom. The Balaban J connectivity index is 1.32. The highest BCUT2D eigenvalue weighted by molar-refractivity contribution is 5.84. The van der Waals surface area contributed by atoms with E-state index < -0.39 is 11.9 Å². The van der Waals surface area contributed by atoms with Crippen molar-refractivity contribution < 1.29 is 23.7 Å². The lowest BCUT2D eigenvalue weighted by Gasteiger charge is -2.16. The molecule has 6 rings (SSSR count). The third kappa shape index (κ3) is 2.70. The number of nitrogens with one attached hydrogen (secondary N) is 1. The van der Waals surface area contributed by atoms with Gasteiger partial charge >= 0.3 is 0 Å². The Bertz CT molecular complexity index is 1270. The fraction of sp³-hybridized carbons (Fsp3) is 0.333. The van der Waals surface area contributed by atoms with E-state index in [0.717, 1.165) is 11.0 Å². The quantitative estimate of drug-likeness (QED) is 0.538. The molecule has 2 aliphatic heterocycles. The molecule has 1 unspecified atom stereocenters. The lowest BCUT2D eigenvalue weighted by molar-refractivity contribution is 0.00794. The highest BCUT2D eigenvalue weighted by Crippen LogP contribution is 2.32. The summed E-state index contributed by atoms with van der Waals surface area (Å²) in [6.07, 6.45) is 1.85. The topological polar surface area (TPSA) is 94.4 Å². The van der Waals surface area contributed by atoms with Gasteiger partial charge in [-0.05, 0) is 12.1 Å². The van der Waals surface area contributed by atoms with Gasteiger partial charge in [0, 0.05) is 42.5 Å². The van der Waals surface area contributed by atoms with Gasteiger partial charge in [-0.25, -0.2) is 14.4 Å². The van der Waals surface area contributed by atoms with Gasteiger partial charge in [0.15, 0.2) is 17.8 Å². The number of aromatic amines is 1. The van der Waals surface area contributed by atoms with E-state index >= 15 is 0 Å². The standard InChI is InChI=1S/C21H19FN4O4/c1-26-3-2-10-4-11(7-23-21(10)26)18-12(22)5-13-14(25-18)6-17(24-13)30-16-9-29-19-15(27)8-28-20(16)19/h2-7,15-16,19-20,24,27H,8-9H2,1H3/t15-,16-,19?,20-/m1/s1. The van der Waals surface area contributed by atoms with Gasteiger partial charge < -0.3 is 28.9 Å². The summed E-state index contributed by atoms with van der Waals surface area (Å²) in [6, 6.07) is 6.95. The molecule has 2 saturated heterocycles. The van der Waals surface area contributed by atoms with Gasteiger partial charge in [-0.3, -0.25) is 0 Å². The van der Waals surface area contributed by atoms with E-state index in [1.807, 2.05) is 29.9 Å². The van der Waals surface area contributed by atoms with E-state index in [4.69, 9.17) is 14.2 Å². The number of rotatable bonds is 3. The third-order valence-corrected chi connectivity index (χ3v) is 5.77. The first-order valence-electron chi connectivity index (χ1n) is 9.75. The lowest BCUT2D eigenvalue weighted by atomic mass is 10.1. The zero-order valence-electron chi connectivity index (χ0n) is 16.1. The number of pyridine rings is 2. The minimum absolute atomic E-state index is 0.234. The van der Waals surface area contributed by atoms with Crippen LogP contribution in [0.15, 0.2) is 36.7 Å². The first-order chi connectivity index (χ1) is 14.6. The molecule has 6 heterocycles. The van der Waals surface area contributed by atoms with E-state index in [2.05, 4.69) is 15.0 Å². The van der Waals surface area contributed by atoms with Gasteiger partial charge in [0.25, 0.3) is 0 Å². The summed E-state index contributed by atoms with van der Waals surface area (Å²) in [6.45, 7) is 0.551. The van der Waals surface area contributed by atoms with Crippen LogP contribution in [0.1, 0.15) is 0 Å². The average molecular weight is 410 g/mol. The number of hydrogen-bond donors (Lipinski definition) is 2. The van der Waals surface area contributed by atoms with Crippen LogP contribution in [0, 0.1) is 5.82 Å². The van der Waals surface area contributed by atoms with Crippen LogP contribution in [0.25, 0.3) is 33.3 Å². The van der Waals surface area contributed by atoms with E-state index in [1.54, 1.807) is 12.3 Å². The minimum Gasteiger partial charge on any atom is -0.470 e. The van der Waals surface area contributed by atoms with Crippen LogP contribution in [-0.2, 0) is 16.5 Å². The van der Waals surface area contributed by atoms with Crippen LogP contribution in [0.4, 0.5) is 4.39 Å². The Morgan fingerprint density at radius 1 is 1.23 bits per heavy atom. The zero-order chi connectivity index (χ0) is 20.4. The van der Waals surface area contributed by atoms with Crippen molar-refractivity contribution in [3.8, 4) is 17.1 Å². The molecule has 0 aromatic carbocycles. The number of nitrogens with zero attached hydrogens (tertiary/aromatic N) is 3. The highest BCUT2D eigenvalue weighted by Gasteiger charge is 2.48. The van der Waals surface area contributed by atoms with Gasteiger partial charge in [-0.2, -0.15) is 0 Å². The number of ether oxygens (including phenoxy) is 3. The molecule has 8 nitrogen and oxygen atoms in total. The highest BCUT2D eigenvalue weighted by atomic mass is 19.1. The predicted molar refractivity (Wildman–Crippen MR) is 106 cm³/mol. The molecular weight excluding hydrogens is 391 g/mol. The summed E-state index contributed by atoms with van der Waals surface area (Å²) in [5.74, 6) is 0.00409. The fourth-order valence-corrected chi connectivity index (χ4v) is 4.26. The van der Waals surface area contributed by atoms with Crippen molar-refractivity contribution in [2.75, 3.05) is 13.2 Å². The summed E-state index contributed by atoms with van der Waals surface area (Å²) in [4.78, 5) is 12.0. The third-order valence-electron chi connectivity index (χ3n) is 5.77. The fourth-order valence-electron chi connectivity index (χ4n) is 4.26. The van der Waals surface area contributed by atoms with Gasteiger partial charge in [0.05, 0.1) is 24.2 Å².